The van der Waals surface area contributed by atoms with Crippen molar-refractivity contribution >= 4 is 23.3 Å². The van der Waals surface area contributed by atoms with E-state index in [0.717, 1.165) is 24.2 Å². The van der Waals surface area contributed by atoms with E-state index >= 15 is 0 Å². The molecule has 0 saturated heterocycles. The van der Waals surface area contributed by atoms with Crippen LogP contribution in [0.25, 0.3) is 0 Å². The van der Waals surface area contributed by atoms with Crippen LogP contribution >= 0.6 is 11.6 Å². The molecule has 0 saturated carbocycles. The molecular formula is C16H17ClN4O2. The van der Waals surface area contributed by atoms with Crippen LogP contribution in [0.15, 0.2) is 30.3 Å². The van der Waals surface area contributed by atoms with E-state index in [4.69, 9.17) is 16.3 Å². The zero-order valence-corrected chi connectivity index (χ0v) is 13.4. The zero-order valence-electron chi connectivity index (χ0n) is 12.7. The number of ether oxygens (including phenoxy) is 1. The third-order valence-corrected chi connectivity index (χ3v) is 3.93. The van der Waals surface area contributed by atoms with Gasteiger partial charge < -0.3 is 15.4 Å². The Morgan fingerprint density at radius 3 is 2.91 bits per heavy atom. The number of aromatic nitrogens is 2. The number of halogens is 1. The summed E-state index contributed by atoms with van der Waals surface area (Å²) in [5.41, 5.74) is 1.33. The molecule has 3 rings (SSSR count). The molecule has 0 bridgehead atoms. The second-order valence-electron chi connectivity index (χ2n) is 5.25. The molecule has 1 aliphatic heterocycles. The van der Waals surface area contributed by atoms with Crippen LogP contribution in [0.2, 0.25) is 5.02 Å². The summed E-state index contributed by atoms with van der Waals surface area (Å²) < 4.78 is 5.75. The van der Waals surface area contributed by atoms with Gasteiger partial charge in [0.25, 0.3) is 5.91 Å². The summed E-state index contributed by atoms with van der Waals surface area (Å²) in [4.78, 5) is 11.5. The highest BCUT2D eigenvalue weighted by molar-refractivity contribution is 6.30. The number of benzene rings is 1. The Labute approximate surface area is 139 Å². The highest BCUT2D eigenvalue weighted by Gasteiger charge is 2.20. The smallest absolute Gasteiger partial charge is 0.271 e. The lowest BCUT2D eigenvalue weighted by Crippen LogP contribution is -2.20. The van der Waals surface area contributed by atoms with E-state index in [1.165, 1.54) is 0 Å². The van der Waals surface area contributed by atoms with Crippen molar-refractivity contribution in [1.82, 2.24) is 15.5 Å². The number of nitrogens with zero attached hydrogens (tertiary/aromatic N) is 2. The van der Waals surface area contributed by atoms with Crippen LogP contribution in [0.5, 0.6) is 5.75 Å². The predicted octanol–water partition coefficient (Wildman–Crippen LogP) is 2.82. The molecule has 2 aromatic rings. The van der Waals surface area contributed by atoms with E-state index in [0.29, 0.717) is 17.4 Å². The molecular weight excluding hydrogens is 316 g/mol. The molecule has 1 aliphatic rings. The number of fused-ring (bicyclic) bond motifs is 1. The average Bonchev–Trinajstić information content (AvgIpc) is 2.76. The molecule has 0 fully saturated rings. The fourth-order valence-corrected chi connectivity index (χ4v) is 2.70. The van der Waals surface area contributed by atoms with Crippen LogP contribution in [0.1, 0.15) is 34.9 Å². The first-order chi connectivity index (χ1) is 11.2. The number of carbonyl (C=O) groups is 1. The minimum atomic E-state index is -0.257. The maximum atomic E-state index is 11.5. The monoisotopic (exact) mass is 332 g/mol. The van der Waals surface area contributed by atoms with Crippen molar-refractivity contribution in [3.8, 4) is 5.75 Å². The highest BCUT2D eigenvalue weighted by atomic mass is 35.5. The first kappa shape index (κ1) is 15.6. The molecule has 1 atom stereocenters. The molecule has 2 heterocycles. The van der Waals surface area contributed by atoms with Gasteiger partial charge in [-0.15, -0.1) is 10.2 Å². The summed E-state index contributed by atoms with van der Waals surface area (Å²) in [6.45, 7) is 0.660. The van der Waals surface area contributed by atoms with Crippen molar-refractivity contribution in [1.29, 1.82) is 0 Å². The lowest BCUT2D eigenvalue weighted by atomic mass is 10.0. The minimum Gasteiger partial charge on any atom is -0.493 e. The Morgan fingerprint density at radius 1 is 1.30 bits per heavy atom. The van der Waals surface area contributed by atoms with E-state index < -0.39 is 0 Å². The molecule has 2 N–H and O–H groups in total. The van der Waals surface area contributed by atoms with E-state index in [-0.39, 0.29) is 17.6 Å². The first-order valence-electron chi connectivity index (χ1n) is 7.42. The second kappa shape index (κ2) is 6.83. The number of hydrogen-bond donors (Lipinski definition) is 2. The van der Waals surface area contributed by atoms with Crippen molar-refractivity contribution < 1.29 is 9.53 Å². The maximum absolute atomic E-state index is 11.5. The van der Waals surface area contributed by atoms with Gasteiger partial charge in [-0.05, 0) is 37.1 Å². The Morgan fingerprint density at radius 2 is 2.17 bits per heavy atom. The zero-order chi connectivity index (χ0) is 16.2. The molecule has 7 heteroatoms. The van der Waals surface area contributed by atoms with Gasteiger partial charge in [0.1, 0.15) is 11.6 Å². The van der Waals surface area contributed by atoms with Crippen LogP contribution in [-0.4, -0.2) is 29.8 Å². The molecule has 1 unspecified atom stereocenters. The Hall–Kier alpha value is -2.34. The number of rotatable bonds is 3. The fraction of sp³-hybridized carbons (Fsp3) is 0.312. The van der Waals surface area contributed by atoms with Crippen molar-refractivity contribution in [3.05, 3.63) is 46.6 Å². The standard InChI is InChI=1S/C16H17ClN4O2/c1-18-16(22)13-6-7-15(21-20-13)19-12-3-2-8-23-14-9-10(17)4-5-11(12)14/h4-7,9,12H,2-3,8H2,1H3,(H,18,22)(H,19,21). The first-order valence-corrected chi connectivity index (χ1v) is 7.80. The summed E-state index contributed by atoms with van der Waals surface area (Å²) >= 11 is 6.04. The molecule has 1 aromatic heterocycles. The van der Waals surface area contributed by atoms with Gasteiger partial charge in [-0.25, -0.2) is 0 Å². The van der Waals surface area contributed by atoms with E-state index in [2.05, 4.69) is 20.8 Å². The number of carbonyl (C=O) groups excluding carboxylic acids is 1. The molecule has 0 spiro atoms. The maximum Gasteiger partial charge on any atom is 0.271 e. The van der Waals surface area contributed by atoms with Crippen LogP contribution in [0.3, 0.4) is 0 Å². The number of nitrogens with one attached hydrogen (secondary N) is 2. The summed E-state index contributed by atoms with van der Waals surface area (Å²) in [6.07, 6.45) is 1.83. The Balaban J connectivity index is 1.81. The third kappa shape index (κ3) is 3.53. The lowest BCUT2D eigenvalue weighted by Gasteiger charge is -2.18. The topological polar surface area (TPSA) is 76.1 Å². The molecule has 1 amide bonds. The van der Waals surface area contributed by atoms with Crippen LogP contribution in [0.4, 0.5) is 5.82 Å². The number of amides is 1. The van der Waals surface area contributed by atoms with Gasteiger partial charge in [0, 0.05) is 17.6 Å². The summed E-state index contributed by atoms with van der Waals surface area (Å²) in [5.74, 6) is 1.15. The third-order valence-electron chi connectivity index (χ3n) is 3.69. The van der Waals surface area contributed by atoms with Crippen LogP contribution < -0.4 is 15.4 Å². The normalized spacial score (nSPS) is 16.7. The van der Waals surface area contributed by atoms with Gasteiger partial charge in [0.05, 0.1) is 12.6 Å². The number of hydrogen-bond acceptors (Lipinski definition) is 5. The van der Waals surface area contributed by atoms with Gasteiger partial charge in [-0.3, -0.25) is 4.79 Å². The van der Waals surface area contributed by atoms with Crippen molar-refractivity contribution in [3.63, 3.8) is 0 Å². The molecule has 0 radical (unpaired) electrons. The summed E-state index contributed by atoms with van der Waals surface area (Å²) in [5, 5.41) is 14.5. The van der Waals surface area contributed by atoms with Crippen molar-refractivity contribution in [2.24, 2.45) is 0 Å². The van der Waals surface area contributed by atoms with Crippen LogP contribution in [-0.2, 0) is 0 Å². The van der Waals surface area contributed by atoms with Gasteiger partial charge >= 0.3 is 0 Å². The highest BCUT2D eigenvalue weighted by Crippen LogP contribution is 2.35. The van der Waals surface area contributed by atoms with E-state index in [1.54, 1.807) is 19.2 Å². The second-order valence-corrected chi connectivity index (χ2v) is 5.69. The predicted molar refractivity (Wildman–Crippen MR) is 88.0 cm³/mol. The fourth-order valence-electron chi connectivity index (χ4n) is 2.53. The largest absolute Gasteiger partial charge is 0.493 e. The average molecular weight is 333 g/mol. The summed E-state index contributed by atoms with van der Waals surface area (Å²) in [7, 11) is 1.56. The molecule has 6 nitrogen and oxygen atoms in total. The van der Waals surface area contributed by atoms with E-state index in [9.17, 15) is 4.79 Å². The molecule has 120 valence electrons. The van der Waals surface area contributed by atoms with E-state index in [1.807, 2.05) is 18.2 Å². The summed E-state index contributed by atoms with van der Waals surface area (Å²) in [6, 6.07) is 9.10. The molecule has 1 aromatic carbocycles. The van der Waals surface area contributed by atoms with Gasteiger partial charge in [-0.1, -0.05) is 17.7 Å². The van der Waals surface area contributed by atoms with Crippen molar-refractivity contribution in [2.75, 3.05) is 19.0 Å². The Bertz CT molecular complexity index is 706. The minimum absolute atomic E-state index is 0.0601. The number of anilines is 1. The van der Waals surface area contributed by atoms with Crippen LogP contribution in [0, 0.1) is 0 Å². The quantitative estimate of drug-likeness (QED) is 0.904. The Kier molecular flexibility index (Phi) is 4.62. The van der Waals surface area contributed by atoms with Gasteiger partial charge in [-0.2, -0.15) is 0 Å². The van der Waals surface area contributed by atoms with Crippen molar-refractivity contribution in [2.45, 2.75) is 18.9 Å². The molecule has 23 heavy (non-hydrogen) atoms. The lowest BCUT2D eigenvalue weighted by molar-refractivity contribution is 0.0957. The van der Waals surface area contributed by atoms with Gasteiger partial charge in [0.15, 0.2) is 5.69 Å². The molecule has 0 aliphatic carbocycles. The van der Waals surface area contributed by atoms with Gasteiger partial charge in [0.2, 0.25) is 0 Å². The SMILES string of the molecule is CNC(=O)c1ccc(NC2CCCOc3cc(Cl)ccc32)nn1.